The zero-order valence-electron chi connectivity index (χ0n) is 11.4. The van der Waals surface area contributed by atoms with E-state index >= 15 is 0 Å². The highest BCUT2D eigenvalue weighted by atomic mass is 79.9. The Morgan fingerprint density at radius 2 is 2.00 bits per heavy atom. The summed E-state index contributed by atoms with van der Waals surface area (Å²) in [4.78, 5) is 13.5. The van der Waals surface area contributed by atoms with E-state index in [0.717, 1.165) is 21.4 Å². The van der Waals surface area contributed by atoms with Gasteiger partial charge >= 0.3 is 0 Å². The molecule has 2 heterocycles. The average molecular weight is 333 g/mol. The van der Waals surface area contributed by atoms with Gasteiger partial charge in [-0.2, -0.15) is 0 Å². The maximum absolute atomic E-state index is 6.05. The molecule has 20 heavy (non-hydrogen) atoms. The third-order valence-corrected chi connectivity index (χ3v) is 4.68. The molecule has 0 aliphatic heterocycles. The molecule has 2 aromatic heterocycles. The van der Waals surface area contributed by atoms with Crippen LogP contribution in [0.25, 0.3) is 11.5 Å². The summed E-state index contributed by atoms with van der Waals surface area (Å²) in [6.45, 7) is 2.01. The molecule has 0 radical (unpaired) electrons. The number of hydrogen-bond acceptors (Lipinski definition) is 4. The third kappa shape index (κ3) is 2.42. The Morgan fingerprint density at radius 3 is 2.70 bits per heavy atom. The first-order chi connectivity index (χ1) is 9.66. The molecule has 0 saturated heterocycles. The normalized spacial score (nSPS) is 15.7. The van der Waals surface area contributed by atoms with Crippen molar-refractivity contribution in [3.8, 4) is 11.5 Å². The number of rotatable bonds is 2. The predicted octanol–water partition coefficient (Wildman–Crippen LogP) is 3.85. The summed E-state index contributed by atoms with van der Waals surface area (Å²) in [6, 6.07) is 3.93. The standard InChI is InChI=1S/C15H17BrN4/c1-9-5-4-8-18-12(9)15-19-13(10-6-2-3-7-10)11(16)14(17)20-15/h4-5,8,10H,2-3,6-7H2,1H3,(H2,17,19,20). The molecule has 104 valence electrons. The highest BCUT2D eigenvalue weighted by Crippen LogP contribution is 2.39. The summed E-state index contributed by atoms with van der Waals surface area (Å²) < 4.78 is 0.849. The molecular weight excluding hydrogens is 316 g/mol. The molecule has 5 heteroatoms. The van der Waals surface area contributed by atoms with Crippen LogP contribution >= 0.6 is 15.9 Å². The van der Waals surface area contributed by atoms with Crippen molar-refractivity contribution in [2.75, 3.05) is 5.73 Å². The van der Waals surface area contributed by atoms with E-state index < -0.39 is 0 Å². The van der Waals surface area contributed by atoms with Crippen LogP contribution in [0.5, 0.6) is 0 Å². The Balaban J connectivity index is 2.11. The van der Waals surface area contributed by atoms with Gasteiger partial charge < -0.3 is 5.73 Å². The van der Waals surface area contributed by atoms with E-state index in [1.54, 1.807) is 6.20 Å². The number of hydrogen-bond donors (Lipinski definition) is 1. The van der Waals surface area contributed by atoms with Gasteiger partial charge in [0.1, 0.15) is 11.5 Å². The summed E-state index contributed by atoms with van der Waals surface area (Å²) in [6.07, 6.45) is 6.64. The molecule has 2 aromatic rings. The van der Waals surface area contributed by atoms with Crippen LogP contribution in [0.1, 0.15) is 42.9 Å². The lowest BCUT2D eigenvalue weighted by atomic mass is 10.0. The maximum atomic E-state index is 6.05. The number of pyridine rings is 1. The molecule has 1 saturated carbocycles. The summed E-state index contributed by atoms with van der Waals surface area (Å²) in [7, 11) is 0. The number of nitrogens with two attached hydrogens (primary N) is 1. The van der Waals surface area contributed by atoms with Crippen LogP contribution in [0.2, 0.25) is 0 Å². The van der Waals surface area contributed by atoms with Crippen LogP contribution in [-0.4, -0.2) is 15.0 Å². The molecule has 3 rings (SSSR count). The van der Waals surface area contributed by atoms with Crippen LogP contribution in [0.15, 0.2) is 22.8 Å². The first-order valence-corrected chi connectivity index (χ1v) is 7.71. The molecular formula is C15H17BrN4. The second-order valence-corrected chi connectivity index (χ2v) is 6.07. The van der Waals surface area contributed by atoms with Crippen molar-refractivity contribution in [1.82, 2.24) is 15.0 Å². The van der Waals surface area contributed by atoms with E-state index in [-0.39, 0.29) is 0 Å². The minimum atomic E-state index is 0.484. The molecule has 1 aliphatic rings. The van der Waals surface area contributed by atoms with Gasteiger partial charge in [-0.25, -0.2) is 9.97 Å². The minimum Gasteiger partial charge on any atom is -0.383 e. The van der Waals surface area contributed by atoms with Gasteiger partial charge in [-0.15, -0.1) is 0 Å². The fourth-order valence-corrected chi connectivity index (χ4v) is 3.28. The lowest BCUT2D eigenvalue weighted by molar-refractivity contribution is 0.691. The van der Waals surface area contributed by atoms with Crippen LogP contribution in [-0.2, 0) is 0 Å². The van der Waals surface area contributed by atoms with Crippen molar-refractivity contribution < 1.29 is 0 Å². The fraction of sp³-hybridized carbons (Fsp3) is 0.400. The summed E-state index contributed by atoms with van der Waals surface area (Å²) in [5, 5.41) is 0. The number of nitrogens with zero attached hydrogens (tertiary/aromatic N) is 3. The van der Waals surface area contributed by atoms with E-state index in [0.29, 0.717) is 17.6 Å². The lowest BCUT2D eigenvalue weighted by Gasteiger charge is -2.14. The molecule has 1 fully saturated rings. The largest absolute Gasteiger partial charge is 0.383 e. The molecule has 0 bridgehead atoms. The molecule has 0 spiro atoms. The van der Waals surface area contributed by atoms with Crippen LogP contribution in [0.3, 0.4) is 0 Å². The lowest BCUT2D eigenvalue weighted by Crippen LogP contribution is -2.07. The van der Waals surface area contributed by atoms with E-state index in [9.17, 15) is 0 Å². The third-order valence-electron chi connectivity index (χ3n) is 3.87. The average Bonchev–Trinajstić information content (AvgIpc) is 2.96. The van der Waals surface area contributed by atoms with Gasteiger partial charge in [-0.3, -0.25) is 4.98 Å². The molecule has 0 unspecified atom stereocenters. The van der Waals surface area contributed by atoms with Gasteiger partial charge in [-0.1, -0.05) is 18.9 Å². The van der Waals surface area contributed by atoms with Crippen molar-refractivity contribution in [2.24, 2.45) is 0 Å². The fourth-order valence-electron chi connectivity index (χ4n) is 2.78. The van der Waals surface area contributed by atoms with Crippen LogP contribution in [0.4, 0.5) is 5.82 Å². The maximum Gasteiger partial charge on any atom is 0.180 e. The first kappa shape index (κ1) is 13.5. The Kier molecular flexibility index (Phi) is 3.70. The topological polar surface area (TPSA) is 64.7 Å². The molecule has 0 atom stereocenters. The van der Waals surface area contributed by atoms with E-state index in [1.165, 1.54) is 25.7 Å². The summed E-state index contributed by atoms with van der Waals surface area (Å²) in [5.74, 6) is 1.62. The van der Waals surface area contributed by atoms with Crippen molar-refractivity contribution in [1.29, 1.82) is 0 Å². The smallest absolute Gasteiger partial charge is 0.180 e. The minimum absolute atomic E-state index is 0.484. The molecule has 0 amide bonds. The Hall–Kier alpha value is -1.49. The zero-order chi connectivity index (χ0) is 14.1. The van der Waals surface area contributed by atoms with E-state index in [1.807, 2.05) is 19.1 Å². The second kappa shape index (κ2) is 5.48. The van der Waals surface area contributed by atoms with E-state index in [4.69, 9.17) is 10.7 Å². The SMILES string of the molecule is Cc1cccnc1-c1nc(N)c(Br)c(C2CCCC2)n1. The van der Waals surface area contributed by atoms with Gasteiger partial charge in [0, 0.05) is 12.1 Å². The van der Waals surface area contributed by atoms with Gasteiger partial charge in [0.25, 0.3) is 0 Å². The highest BCUT2D eigenvalue weighted by molar-refractivity contribution is 9.10. The molecule has 4 nitrogen and oxygen atoms in total. The number of aryl methyl sites for hydroxylation is 1. The first-order valence-electron chi connectivity index (χ1n) is 6.91. The Bertz CT molecular complexity index is 636. The van der Waals surface area contributed by atoms with Gasteiger partial charge in [-0.05, 0) is 47.3 Å². The summed E-state index contributed by atoms with van der Waals surface area (Å²) in [5.41, 5.74) is 8.96. The molecule has 2 N–H and O–H groups in total. The van der Waals surface area contributed by atoms with Crippen LogP contribution in [0, 0.1) is 6.92 Å². The number of aromatic nitrogens is 3. The number of nitrogen functional groups attached to an aromatic ring is 1. The van der Waals surface area contributed by atoms with Crippen molar-refractivity contribution in [3.05, 3.63) is 34.1 Å². The van der Waals surface area contributed by atoms with Gasteiger partial charge in [0.15, 0.2) is 5.82 Å². The highest BCUT2D eigenvalue weighted by Gasteiger charge is 2.24. The summed E-state index contributed by atoms with van der Waals surface area (Å²) >= 11 is 3.55. The zero-order valence-corrected chi connectivity index (χ0v) is 13.0. The predicted molar refractivity (Wildman–Crippen MR) is 83.3 cm³/mol. The Morgan fingerprint density at radius 1 is 1.25 bits per heavy atom. The van der Waals surface area contributed by atoms with E-state index in [2.05, 4.69) is 25.9 Å². The van der Waals surface area contributed by atoms with Gasteiger partial charge in [0.2, 0.25) is 0 Å². The van der Waals surface area contributed by atoms with Crippen molar-refractivity contribution in [2.45, 2.75) is 38.5 Å². The van der Waals surface area contributed by atoms with Gasteiger partial charge in [0.05, 0.1) is 10.2 Å². The van der Waals surface area contributed by atoms with Crippen LogP contribution < -0.4 is 5.73 Å². The molecule has 1 aliphatic carbocycles. The quantitative estimate of drug-likeness (QED) is 0.907. The van der Waals surface area contributed by atoms with Crippen molar-refractivity contribution >= 4 is 21.7 Å². The van der Waals surface area contributed by atoms with Crippen molar-refractivity contribution in [3.63, 3.8) is 0 Å². The Labute approximate surface area is 127 Å². The second-order valence-electron chi connectivity index (χ2n) is 5.28. The molecule has 0 aromatic carbocycles. The monoisotopic (exact) mass is 332 g/mol. The number of halogens is 1. The number of anilines is 1.